The maximum Gasteiger partial charge on any atom is 0.490 e. The number of anilines is 2. The van der Waals surface area contributed by atoms with Crippen LogP contribution >= 0.6 is 0 Å². The molecule has 0 bridgehead atoms. The van der Waals surface area contributed by atoms with Gasteiger partial charge in [0.25, 0.3) is 10.0 Å². The van der Waals surface area contributed by atoms with Gasteiger partial charge in [0.15, 0.2) is 0 Å². The first-order valence-electron chi connectivity index (χ1n) is 12.2. The monoisotopic (exact) mass is 597 g/mol. The number of aryl methyl sites for hydroxylation is 1. The van der Waals surface area contributed by atoms with E-state index in [9.17, 15) is 35.9 Å². The van der Waals surface area contributed by atoms with Gasteiger partial charge < -0.3 is 15.1 Å². The number of carboxylic acid groups (broad SMARTS) is 2. The number of rotatable bonds is 7. The first kappa shape index (κ1) is 31.4. The van der Waals surface area contributed by atoms with Gasteiger partial charge in [-0.1, -0.05) is 36.4 Å². The second-order valence-corrected chi connectivity index (χ2v) is 10.7. The summed E-state index contributed by atoms with van der Waals surface area (Å²) in [5, 5.41) is 16.9. The fourth-order valence-electron chi connectivity index (χ4n) is 4.08. The molecule has 3 N–H and O–H groups in total. The molecule has 1 fully saturated rings. The van der Waals surface area contributed by atoms with E-state index in [4.69, 9.17) is 9.90 Å². The third kappa shape index (κ3) is 8.41. The zero-order valence-corrected chi connectivity index (χ0v) is 22.5. The molecule has 41 heavy (non-hydrogen) atoms. The Hall–Kier alpha value is -4.17. The highest BCUT2D eigenvalue weighted by atomic mass is 32.2. The lowest BCUT2D eigenvalue weighted by atomic mass is 10.1. The SMILES string of the molecule is Cc1ccccc1S(=O)(=O)Nc1ccc(N2CCN(Cc3ccccc3F)CC2)cc1C(=O)O.O=C(O)C(F)(F)F. The van der Waals surface area contributed by atoms with Gasteiger partial charge in [0.05, 0.1) is 16.1 Å². The van der Waals surface area contributed by atoms with E-state index in [2.05, 4.69) is 9.62 Å². The molecule has 4 rings (SSSR count). The Labute approximate surface area is 233 Å². The van der Waals surface area contributed by atoms with Crippen molar-refractivity contribution in [2.75, 3.05) is 35.8 Å². The first-order chi connectivity index (χ1) is 19.2. The number of nitrogens with zero attached hydrogens (tertiary/aromatic N) is 2. The van der Waals surface area contributed by atoms with E-state index in [1.807, 2.05) is 11.0 Å². The molecule has 0 saturated carbocycles. The average molecular weight is 598 g/mol. The van der Waals surface area contributed by atoms with Crippen LogP contribution in [0.1, 0.15) is 21.5 Å². The minimum atomic E-state index is -5.08. The zero-order chi connectivity index (χ0) is 30.4. The highest BCUT2D eigenvalue weighted by Gasteiger charge is 2.38. The number of benzene rings is 3. The van der Waals surface area contributed by atoms with Crippen LogP contribution in [0.25, 0.3) is 0 Å². The van der Waals surface area contributed by atoms with Crippen LogP contribution in [-0.4, -0.2) is 67.8 Å². The highest BCUT2D eigenvalue weighted by molar-refractivity contribution is 7.92. The van der Waals surface area contributed by atoms with Crippen molar-refractivity contribution in [1.29, 1.82) is 0 Å². The predicted molar refractivity (Wildman–Crippen MR) is 143 cm³/mol. The molecular weight excluding hydrogens is 570 g/mol. The van der Waals surface area contributed by atoms with Crippen LogP contribution < -0.4 is 9.62 Å². The van der Waals surface area contributed by atoms with Crippen LogP contribution in [0.15, 0.2) is 71.6 Å². The van der Waals surface area contributed by atoms with E-state index in [0.717, 1.165) is 0 Å². The van der Waals surface area contributed by atoms with Gasteiger partial charge in [-0.15, -0.1) is 0 Å². The maximum absolute atomic E-state index is 14.0. The number of aliphatic carboxylic acids is 1. The predicted octanol–water partition coefficient (Wildman–Crippen LogP) is 4.59. The molecule has 3 aromatic carbocycles. The Morgan fingerprint density at radius 3 is 2.07 bits per heavy atom. The van der Waals surface area contributed by atoms with E-state index in [-0.39, 0.29) is 22.0 Å². The number of piperazine rings is 1. The Bertz CT molecular complexity index is 1510. The standard InChI is InChI=1S/C25H26FN3O4S.C2HF3O2/c1-18-6-2-5-9-24(18)34(32,33)27-23-11-10-20(16-21(23)25(30)31)29-14-12-28(13-15-29)17-19-7-3-4-8-22(19)26;3-2(4,5)1(6)7/h2-11,16,27H,12-15,17H2,1H3,(H,30,31);(H,6,7). The molecule has 0 radical (unpaired) electrons. The maximum atomic E-state index is 14.0. The largest absolute Gasteiger partial charge is 0.490 e. The minimum Gasteiger partial charge on any atom is -0.478 e. The number of carboxylic acids is 2. The second-order valence-electron chi connectivity index (χ2n) is 9.06. The van der Waals surface area contributed by atoms with Crippen molar-refractivity contribution in [3.63, 3.8) is 0 Å². The van der Waals surface area contributed by atoms with E-state index < -0.39 is 28.1 Å². The van der Waals surface area contributed by atoms with Crippen molar-refractivity contribution in [2.24, 2.45) is 0 Å². The van der Waals surface area contributed by atoms with E-state index in [1.54, 1.807) is 43.3 Å². The van der Waals surface area contributed by atoms with Crippen molar-refractivity contribution in [3.8, 4) is 0 Å². The van der Waals surface area contributed by atoms with Crippen molar-refractivity contribution in [1.82, 2.24) is 4.90 Å². The topological polar surface area (TPSA) is 127 Å². The number of hydrogen-bond donors (Lipinski definition) is 3. The lowest BCUT2D eigenvalue weighted by Crippen LogP contribution is -2.46. The van der Waals surface area contributed by atoms with Crippen molar-refractivity contribution >= 4 is 33.3 Å². The summed E-state index contributed by atoms with van der Waals surface area (Å²) < 4.78 is 73.8. The number of carbonyl (C=O) groups is 2. The number of halogens is 4. The van der Waals surface area contributed by atoms with Gasteiger partial charge in [-0.25, -0.2) is 22.4 Å². The third-order valence-electron chi connectivity index (χ3n) is 6.19. The molecule has 14 heteroatoms. The van der Waals surface area contributed by atoms with E-state index in [1.165, 1.54) is 24.3 Å². The molecule has 1 aliphatic rings. The van der Waals surface area contributed by atoms with Gasteiger partial charge in [-0.05, 0) is 42.8 Å². The smallest absolute Gasteiger partial charge is 0.478 e. The minimum absolute atomic E-state index is 0.0118. The summed E-state index contributed by atoms with van der Waals surface area (Å²) in [6.45, 7) is 4.86. The van der Waals surface area contributed by atoms with Crippen molar-refractivity contribution in [3.05, 3.63) is 89.2 Å². The van der Waals surface area contributed by atoms with Crippen LogP contribution in [-0.2, 0) is 21.4 Å². The van der Waals surface area contributed by atoms with Crippen LogP contribution in [0.3, 0.4) is 0 Å². The van der Waals surface area contributed by atoms with Crippen LogP contribution in [0.5, 0.6) is 0 Å². The summed E-state index contributed by atoms with van der Waals surface area (Å²) in [6.07, 6.45) is -5.08. The number of hydrogen-bond acceptors (Lipinski definition) is 6. The highest BCUT2D eigenvalue weighted by Crippen LogP contribution is 2.27. The van der Waals surface area contributed by atoms with Crippen LogP contribution in [0.4, 0.5) is 28.9 Å². The lowest BCUT2D eigenvalue weighted by molar-refractivity contribution is -0.192. The Kier molecular flexibility index (Phi) is 9.94. The van der Waals surface area contributed by atoms with Gasteiger partial charge in [-0.2, -0.15) is 13.2 Å². The zero-order valence-electron chi connectivity index (χ0n) is 21.7. The molecule has 9 nitrogen and oxygen atoms in total. The van der Waals surface area contributed by atoms with Gasteiger partial charge in [0, 0.05) is 44.0 Å². The van der Waals surface area contributed by atoms with Gasteiger partial charge >= 0.3 is 18.1 Å². The van der Waals surface area contributed by atoms with Gasteiger partial charge in [0.1, 0.15) is 5.82 Å². The summed E-state index contributed by atoms with van der Waals surface area (Å²) in [4.78, 5) is 25.1. The van der Waals surface area contributed by atoms with E-state index in [0.29, 0.717) is 49.5 Å². The summed E-state index contributed by atoms with van der Waals surface area (Å²) in [6, 6.07) is 17.9. The molecule has 1 saturated heterocycles. The van der Waals surface area contributed by atoms with Crippen molar-refractivity contribution in [2.45, 2.75) is 24.5 Å². The summed E-state index contributed by atoms with van der Waals surface area (Å²) in [5.74, 6) is -4.20. The van der Waals surface area contributed by atoms with Crippen LogP contribution in [0, 0.1) is 12.7 Å². The Balaban J connectivity index is 0.000000587. The third-order valence-corrected chi connectivity index (χ3v) is 7.72. The molecular formula is C27H27F4N3O6S. The molecule has 0 unspecified atom stereocenters. The molecule has 0 atom stereocenters. The first-order valence-corrected chi connectivity index (χ1v) is 13.6. The molecule has 1 aliphatic heterocycles. The van der Waals surface area contributed by atoms with Crippen LogP contribution in [0.2, 0.25) is 0 Å². The second kappa shape index (κ2) is 13.0. The lowest BCUT2D eigenvalue weighted by Gasteiger charge is -2.36. The summed E-state index contributed by atoms with van der Waals surface area (Å²) in [5.41, 5.74) is 1.80. The Morgan fingerprint density at radius 1 is 0.927 bits per heavy atom. The summed E-state index contributed by atoms with van der Waals surface area (Å²) in [7, 11) is -3.94. The van der Waals surface area contributed by atoms with Gasteiger partial charge in [0.2, 0.25) is 0 Å². The summed E-state index contributed by atoms with van der Waals surface area (Å²) >= 11 is 0. The van der Waals surface area contributed by atoms with E-state index >= 15 is 0 Å². The van der Waals surface area contributed by atoms with Crippen molar-refractivity contribution < 1.29 is 45.8 Å². The molecule has 220 valence electrons. The fraction of sp³-hybridized carbons (Fsp3) is 0.259. The van der Waals surface area contributed by atoms with Gasteiger partial charge in [-0.3, -0.25) is 9.62 Å². The molecule has 0 aromatic heterocycles. The molecule has 0 aliphatic carbocycles. The molecule has 1 heterocycles. The molecule has 0 spiro atoms. The Morgan fingerprint density at radius 2 is 1.51 bits per heavy atom. The number of aromatic carboxylic acids is 1. The fourth-order valence-corrected chi connectivity index (χ4v) is 5.41. The molecule has 3 aromatic rings. The number of nitrogens with one attached hydrogen (secondary N) is 1. The normalized spacial score (nSPS) is 14.1. The average Bonchev–Trinajstić information content (AvgIpc) is 2.90. The number of sulfonamides is 1. The molecule has 0 amide bonds. The number of alkyl halides is 3. The quantitative estimate of drug-likeness (QED) is 0.338.